The third-order valence-electron chi connectivity index (χ3n) is 4.45. The molecule has 126 valence electrons. The van der Waals surface area contributed by atoms with Crippen LogP contribution in [-0.2, 0) is 11.3 Å². The number of pyridine rings is 1. The number of fused-ring (bicyclic) bond motifs is 2. The van der Waals surface area contributed by atoms with Gasteiger partial charge in [-0.15, -0.1) is 0 Å². The fourth-order valence-corrected chi connectivity index (χ4v) is 3.21. The maximum atomic E-state index is 13.0. The zero-order chi connectivity index (χ0) is 17.6. The Morgan fingerprint density at radius 2 is 1.84 bits per heavy atom. The van der Waals surface area contributed by atoms with Crippen molar-refractivity contribution in [3.8, 4) is 5.75 Å². The molecule has 1 amide bonds. The highest BCUT2D eigenvalue weighted by molar-refractivity contribution is 6.02. The van der Waals surface area contributed by atoms with E-state index in [9.17, 15) is 4.79 Å². The van der Waals surface area contributed by atoms with Crippen LogP contribution >= 0.6 is 0 Å². The van der Waals surface area contributed by atoms with Crippen LogP contribution in [0.4, 0.5) is 11.6 Å². The van der Waals surface area contributed by atoms with Gasteiger partial charge in [-0.05, 0) is 42.3 Å². The number of anilines is 2. The van der Waals surface area contributed by atoms with E-state index in [1.54, 1.807) is 30.9 Å². The molecule has 0 saturated heterocycles. The number of nitrogen functional groups attached to an aromatic ring is 1. The van der Waals surface area contributed by atoms with Crippen LogP contribution < -0.4 is 15.4 Å². The maximum Gasteiger partial charge on any atom is 0.272 e. The number of amides is 1. The fourth-order valence-electron chi connectivity index (χ4n) is 3.21. The van der Waals surface area contributed by atoms with Crippen molar-refractivity contribution in [3.63, 3.8) is 0 Å². The van der Waals surface area contributed by atoms with E-state index in [0.29, 0.717) is 23.9 Å². The summed E-state index contributed by atoms with van der Waals surface area (Å²) in [6, 6.07) is 17.7. The molecule has 4 rings (SSSR count). The van der Waals surface area contributed by atoms with Crippen LogP contribution in [0.2, 0.25) is 0 Å². The topological polar surface area (TPSA) is 68.5 Å². The summed E-state index contributed by atoms with van der Waals surface area (Å²) in [5.74, 6) is 1.26. The van der Waals surface area contributed by atoms with E-state index in [1.807, 2.05) is 24.3 Å². The van der Waals surface area contributed by atoms with Gasteiger partial charge in [0.25, 0.3) is 5.91 Å². The molecule has 0 saturated carbocycles. The molecule has 1 aromatic heterocycles. The number of nitrogens with zero attached hydrogens (tertiary/aromatic N) is 2. The molecule has 0 unspecified atom stereocenters. The molecule has 1 aliphatic rings. The maximum absolute atomic E-state index is 13.0. The molecule has 0 bridgehead atoms. The Kier molecular flexibility index (Phi) is 3.39. The molecule has 2 heterocycles. The number of rotatable bonds is 2. The summed E-state index contributed by atoms with van der Waals surface area (Å²) in [4.78, 5) is 19.0. The normalized spacial score (nSPS) is 15.8. The van der Waals surface area contributed by atoms with Crippen LogP contribution in [0.25, 0.3) is 10.8 Å². The third kappa shape index (κ3) is 2.58. The molecule has 25 heavy (non-hydrogen) atoms. The number of hydrogen-bond acceptors (Lipinski definition) is 4. The monoisotopic (exact) mass is 333 g/mol. The molecule has 0 fully saturated rings. The minimum Gasteiger partial charge on any atom is -0.474 e. The summed E-state index contributed by atoms with van der Waals surface area (Å²) in [6.07, 6.45) is 0. The third-order valence-corrected chi connectivity index (χ3v) is 4.45. The Morgan fingerprint density at radius 3 is 2.68 bits per heavy atom. The van der Waals surface area contributed by atoms with Gasteiger partial charge < -0.3 is 10.5 Å². The van der Waals surface area contributed by atoms with Gasteiger partial charge in [-0.1, -0.05) is 42.5 Å². The number of hydrogen-bond donors (Lipinski definition) is 1. The molecule has 2 N–H and O–H groups in total. The Labute approximate surface area is 146 Å². The van der Waals surface area contributed by atoms with Crippen LogP contribution in [-0.4, -0.2) is 16.5 Å². The van der Waals surface area contributed by atoms with Crippen molar-refractivity contribution in [3.05, 3.63) is 60.2 Å². The number of nitrogens with two attached hydrogens (primary N) is 1. The van der Waals surface area contributed by atoms with E-state index in [-0.39, 0.29) is 5.91 Å². The highest BCUT2D eigenvalue weighted by atomic mass is 16.5. The van der Waals surface area contributed by atoms with Crippen LogP contribution in [0.3, 0.4) is 0 Å². The number of ether oxygens (including phenoxy) is 1. The zero-order valence-electron chi connectivity index (χ0n) is 14.2. The van der Waals surface area contributed by atoms with Gasteiger partial charge in [0.1, 0.15) is 5.82 Å². The minimum absolute atomic E-state index is 0.133. The number of aromatic nitrogens is 1. The number of carbonyl (C=O) groups excluding carboxylic acids is 1. The van der Waals surface area contributed by atoms with Gasteiger partial charge in [0.05, 0.1) is 6.54 Å². The standard InChI is InChI=1S/C20H19N3O2/c1-20(2)19(24)23(18-16(25-20)10-11-17(21)22-18)12-14-8-5-7-13-6-3-4-9-15(13)14/h3-11H,12H2,1-2H3,(H2,21,22). The van der Waals surface area contributed by atoms with E-state index in [2.05, 4.69) is 23.2 Å². The largest absolute Gasteiger partial charge is 0.474 e. The summed E-state index contributed by atoms with van der Waals surface area (Å²) in [5.41, 5.74) is 5.94. The van der Waals surface area contributed by atoms with E-state index < -0.39 is 5.60 Å². The van der Waals surface area contributed by atoms with Gasteiger partial charge in [0.15, 0.2) is 17.2 Å². The molecular weight excluding hydrogens is 314 g/mol. The lowest BCUT2D eigenvalue weighted by Gasteiger charge is -2.38. The number of carbonyl (C=O) groups is 1. The summed E-state index contributed by atoms with van der Waals surface area (Å²) < 4.78 is 5.83. The van der Waals surface area contributed by atoms with Crippen molar-refractivity contribution < 1.29 is 9.53 Å². The second kappa shape index (κ2) is 5.48. The lowest BCUT2D eigenvalue weighted by molar-refractivity contribution is -0.132. The Balaban J connectivity index is 1.83. The molecule has 0 aliphatic carbocycles. The SMILES string of the molecule is CC1(C)Oc2ccc(N)nc2N(Cc2cccc3ccccc23)C1=O. The van der Waals surface area contributed by atoms with E-state index in [4.69, 9.17) is 10.5 Å². The van der Waals surface area contributed by atoms with Gasteiger partial charge in [-0.3, -0.25) is 9.69 Å². The predicted octanol–water partition coefficient (Wildman–Crippen LogP) is 3.52. The lowest BCUT2D eigenvalue weighted by Crippen LogP contribution is -2.52. The highest BCUT2D eigenvalue weighted by Crippen LogP contribution is 2.38. The van der Waals surface area contributed by atoms with E-state index >= 15 is 0 Å². The lowest BCUT2D eigenvalue weighted by atomic mass is 10.0. The molecule has 5 heteroatoms. The smallest absolute Gasteiger partial charge is 0.272 e. The summed E-state index contributed by atoms with van der Waals surface area (Å²) in [7, 11) is 0. The van der Waals surface area contributed by atoms with Crippen LogP contribution in [0, 0.1) is 0 Å². The first-order valence-corrected chi connectivity index (χ1v) is 8.20. The van der Waals surface area contributed by atoms with Crippen molar-refractivity contribution in [2.24, 2.45) is 0 Å². The minimum atomic E-state index is -0.949. The second-order valence-corrected chi connectivity index (χ2v) is 6.70. The molecule has 2 aromatic carbocycles. The molecule has 1 aliphatic heterocycles. The molecule has 0 spiro atoms. The Bertz CT molecular complexity index is 976. The summed E-state index contributed by atoms with van der Waals surface area (Å²) in [6.45, 7) is 3.95. The Hall–Kier alpha value is -3.08. The first kappa shape index (κ1) is 15.4. The summed E-state index contributed by atoms with van der Waals surface area (Å²) >= 11 is 0. The first-order chi connectivity index (χ1) is 12.0. The van der Waals surface area contributed by atoms with Crippen molar-refractivity contribution in [2.75, 3.05) is 10.6 Å². The molecule has 0 radical (unpaired) electrons. The van der Waals surface area contributed by atoms with Crippen molar-refractivity contribution in [2.45, 2.75) is 26.0 Å². The van der Waals surface area contributed by atoms with Gasteiger partial charge >= 0.3 is 0 Å². The highest BCUT2D eigenvalue weighted by Gasteiger charge is 2.41. The fraction of sp³-hybridized carbons (Fsp3) is 0.200. The van der Waals surface area contributed by atoms with Crippen molar-refractivity contribution in [1.82, 2.24) is 4.98 Å². The molecule has 0 atom stereocenters. The Morgan fingerprint density at radius 1 is 1.08 bits per heavy atom. The van der Waals surface area contributed by atoms with Crippen molar-refractivity contribution in [1.29, 1.82) is 0 Å². The second-order valence-electron chi connectivity index (χ2n) is 6.70. The number of benzene rings is 2. The average molecular weight is 333 g/mol. The predicted molar refractivity (Wildman–Crippen MR) is 98.5 cm³/mol. The first-order valence-electron chi connectivity index (χ1n) is 8.20. The van der Waals surface area contributed by atoms with Crippen LogP contribution in [0.15, 0.2) is 54.6 Å². The molecule has 3 aromatic rings. The summed E-state index contributed by atoms with van der Waals surface area (Å²) in [5, 5.41) is 2.26. The molecule has 5 nitrogen and oxygen atoms in total. The van der Waals surface area contributed by atoms with Gasteiger partial charge in [0.2, 0.25) is 0 Å². The quantitative estimate of drug-likeness (QED) is 0.779. The average Bonchev–Trinajstić information content (AvgIpc) is 2.60. The van der Waals surface area contributed by atoms with Crippen LogP contribution in [0.1, 0.15) is 19.4 Å². The van der Waals surface area contributed by atoms with Gasteiger partial charge in [0, 0.05) is 0 Å². The van der Waals surface area contributed by atoms with Gasteiger partial charge in [-0.2, -0.15) is 0 Å². The van der Waals surface area contributed by atoms with Gasteiger partial charge in [-0.25, -0.2) is 4.98 Å². The van der Waals surface area contributed by atoms with E-state index in [1.165, 1.54) is 0 Å². The van der Waals surface area contributed by atoms with E-state index in [0.717, 1.165) is 16.3 Å². The van der Waals surface area contributed by atoms with Crippen molar-refractivity contribution >= 4 is 28.3 Å². The molecular formula is C20H19N3O2. The van der Waals surface area contributed by atoms with Crippen LogP contribution in [0.5, 0.6) is 5.75 Å². The zero-order valence-corrected chi connectivity index (χ0v) is 14.2.